The Hall–Kier alpha value is -2.34. The van der Waals surface area contributed by atoms with Crippen molar-refractivity contribution in [1.82, 2.24) is 14.9 Å². The van der Waals surface area contributed by atoms with Gasteiger partial charge >= 0.3 is 0 Å². The van der Waals surface area contributed by atoms with Crippen LogP contribution < -0.4 is 14.5 Å². The highest BCUT2D eigenvalue weighted by Gasteiger charge is 2.20. The average Bonchev–Trinajstić information content (AvgIpc) is 2.76. The second kappa shape index (κ2) is 9.04. The first-order chi connectivity index (χ1) is 13.4. The van der Waals surface area contributed by atoms with E-state index in [9.17, 15) is 0 Å². The van der Waals surface area contributed by atoms with Crippen molar-refractivity contribution >= 4 is 11.8 Å². The Kier molecular flexibility index (Phi) is 6.04. The van der Waals surface area contributed by atoms with Gasteiger partial charge in [-0.25, -0.2) is 4.98 Å². The summed E-state index contributed by atoms with van der Waals surface area (Å²) < 4.78 is 5.82. The lowest BCUT2D eigenvalue weighted by atomic mass is 10.1. The highest BCUT2D eigenvalue weighted by molar-refractivity contribution is 5.44. The molecule has 0 radical (unpaired) electrons. The van der Waals surface area contributed by atoms with Crippen LogP contribution in [0.4, 0.5) is 11.8 Å². The van der Waals surface area contributed by atoms with Crippen LogP contribution in [0.25, 0.3) is 0 Å². The Labute approximate surface area is 161 Å². The molecule has 0 amide bonds. The zero-order valence-electron chi connectivity index (χ0n) is 16.0. The van der Waals surface area contributed by atoms with Crippen LogP contribution in [-0.4, -0.2) is 67.3 Å². The largest absolute Gasteiger partial charge is 0.492 e. The van der Waals surface area contributed by atoms with E-state index < -0.39 is 0 Å². The standard InChI is InChI=1S/C21H29N5O/c1-3-7-19(8-4-1)27-18-17-24-13-15-25(16-14-24)20-9-10-22-21(23-20)26-11-5-2-6-12-26/h1,3-4,7-10H,2,5-6,11-18H2. The maximum atomic E-state index is 5.82. The smallest absolute Gasteiger partial charge is 0.227 e. The van der Waals surface area contributed by atoms with Crippen LogP contribution in [0.2, 0.25) is 0 Å². The molecule has 0 atom stereocenters. The molecule has 0 N–H and O–H groups in total. The maximum Gasteiger partial charge on any atom is 0.227 e. The van der Waals surface area contributed by atoms with Crippen LogP contribution in [0.5, 0.6) is 5.75 Å². The van der Waals surface area contributed by atoms with Crippen molar-refractivity contribution in [1.29, 1.82) is 0 Å². The van der Waals surface area contributed by atoms with Gasteiger partial charge in [0.25, 0.3) is 0 Å². The highest BCUT2D eigenvalue weighted by Crippen LogP contribution is 2.20. The molecule has 6 nitrogen and oxygen atoms in total. The number of hydrogen-bond acceptors (Lipinski definition) is 6. The first kappa shape index (κ1) is 18.0. The number of hydrogen-bond donors (Lipinski definition) is 0. The second-order valence-electron chi connectivity index (χ2n) is 7.25. The van der Waals surface area contributed by atoms with Crippen LogP contribution in [-0.2, 0) is 0 Å². The summed E-state index contributed by atoms with van der Waals surface area (Å²) >= 11 is 0. The van der Waals surface area contributed by atoms with Gasteiger partial charge in [0, 0.05) is 52.0 Å². The number of nitrogens with zero attached hydrogens (tertiary/aromatic N) is 5. The number of anilines is 2. The topological polar surface area (TPSA) is 44.7 Å². The van der Waals surface area contributed by atoms with E-state index in [1.807, 2.05) is 42.6 Å². The van der Waals surface area contributed by atoms with Gasteiger partial charge < -0.3 is 14.5 Å². The number of aromatic nitrogens is 2. The minimum absolute atomic E-state index is 0.733. The SMILES string of the molecule is c1ccc(OCCN2CCN(c3ccnc(N4CCCCC4)n3)CC2)cc1. The fourth-order valence-electron chi connectivity index (χ4n) is 3.77. The van der Waals surface area contributed by atoms with Crippen LogP contribution in [0, 0.1) is 0 Å². The Morgan fingerprint density at radius 1 is 0.815 bits per heavy atom. The van der Waals surface area contributed by atoms with Crippen LogP contribution in [0.3, 0.4) is 0 Å². The van der Waals surface area contributed by atoms with Gasteiger partial charge in [0.1, 0.15) is 18.2 Å². The molecule has 2 saturated heterocycles. The summed E-state index contributed by atoms with van der Waals surface area (Å²) in [6, 6.07) is 12.1. The van der Waals surface area contributed by atoms with Gasteiger partial charge in [-0.1, -0.05) is 18.2 Å². The van der Waals surface area contributed by atoms with Gasteiger partial charge in [-0.05, 0) is 37.5 Å². The van der Waals surface area contributed by atoms with Gasteiger partial charge in [0.15, 0.2) is 0 Å². The fraction of sp³-hybridized carbons (Fsp3) is 0.524. The number of benzene rings is 1. The lowest BCUT2D eigenvalue weighted by molar-refractivity contribution is 0.200. The summed E-state index contributed by atoms with van der Waals surface area (Å²) in [5.74, 6) is 2.90. The van der Waals surface area contributed by atoms with Gasteiger partial charge in [0.05, 0.1) is 0 Å². The Bertz CT molecular complexity index is 697. The fourth-order valence-corrected chi connectivity index (χ4v) is 3.77. The lowest BCUT2D eigenvalue weighted by Gasteiger charge is -2.35. The summed E-state index contributed by atoms with van der Waals surface area (Å²) in [7, 11) is 0. The third kappa shape index (κ3) is 4.89. The summed E-state index contributed by atoms with van der Waals surface area (Å²) in [4.78, 5) is 16.5. The first-order valence-corrected chi connectivity index (χ1v) is 10.1. The molecule has 2 fully saturated rings. The number of rotatable bonds is 6. The van der Waals surface area contributed by atoms with Crippen molar-refractivity contribution in [2.24, 2.45) is 0 Å². The zero-order chi connectivity index (χ0) is 18.3. The van der Waals surface area contributed by atoms with Crippen LogP contribution in [0.1, 0.15) is 19.3 Å². The van der Waals surface area contributed by atoms with E-state index in [0.717, 1.165) is 69.9 Å². The maximum absolute atomic E-state index is 5.82. The molecule has 0 saturated carbocycles. The van der Waals surface area contributed by atoms with Crippen LogP contribution >= 0.6 is 0 Å². The minimum atomic E-state index is 0.733. The third-order valence-corrected chi connectivity index (χ3v) is 5.38. The van der Waals surface area contributed by atoms with E-state index in [1.165, 1.54) is 19.3 Å². The monoisotopic (exact) mass is 367 g/mol. The summed E-state index contributed by atoms with van der Waals surface area (Å²) in [6.07, 6.45) is 5.73. The molecule has 6 heteroatoms. The Balaban J connectivity index is 1.25. The Morgan fingerprint density at radius 2 is 1.59 bits per heavy atom. The summed E-state index contributed by atoms with van der Waals surface area (Å²) in [6.45, 7) is 7.95. The average molecular weight is 367 g/mol. The van der Waals surface area contributed by atoms with E-state index in [4.69, 9.17) is 9.72 Å². The van der Waals surface area contributed by atoms with Gasteiger partial charge in [-0.3, -0.25) is 4.90 Å². The van der Waals surface area contributed by atoms with E-state index in [0.29, 0.717) is 0 Å². The van der Waals surface area contributed by atoms with Crippen molar-refractivity contribution in [2.45, 2.75) is 19.3 Å². The molecule has 27 heavy (non-hydrogen) atoms. The van der Waals surface area contributed by atoms with Crippen molar-refractivity contribution in [3.05, 3.63) is 42.6 Å². The number of piperazine rings is 1. The molecular weight excluding hydrogens is 338 g/mol. The third-order valence-electron chi connectivity index (χ3n) is 5.38. The molecule has 1 aromatic heterocycles. The quantitative estimate of drug-likeness (QED) is 0.782. The predicted octanol–water partition coefficient (Wildman–Crippen LogP) is 2.67. The molecule has 2 aliphatic heterocycles. The van der Waals surface area contributed by atoms with Crippen molar-refractivity contribution in [3.8, 4) is 5.75 Å². The molecule has 0 aliphatic carbocycles. The number of ether oxygens (including phenoxy) is 1. The van der Waals surface area contributed by atoms with E-state index >= 15 is 0 Å². The first-order valence-electron chi connectivity index (χ1n) is 10.1. The normalized spacial score (nSPS) is 18.5. The van der Waals surface area contributed by atoms with Gasteiger partial charge in [-0.15, -0.1) is 0 Å². The predicted molar refractivity (Wildman–Crippen MR) is 109 cm³/mol. The summed E-state index contributed by atoms with van der Waals surface area (Å²) in [5.41, 5.74) is 0. The molecule has 1 aromatic carbocycles. The molecule has 144 valence electrons. The molecule has 2 aliphatic rings. The lowest BCUT2D eigenvalue weighted by Crippen LogP contribution is -2.47. The number of piperidine rings is 1. The Morgan fingerprint density at radius 3 is 2.37 bits per heavy atom. The zero-order valence-corrected chi connectivity index (χ0v) is 16.0. The minimum Gasteiger partial charge on any atom is -0.492 e. The summed E-state index contributed by atoms with van der Waals surface area (Å²) in [5, 5.41) is 0. The van der Waals surface area contributed by atoms with Gasteiger partial charge in [-0.2, -0.15) is 4.98 Å². The number of para-hydroxylation sites is 1. The van der Waals surface area contributed by atoms with E-state index in [-0.39, 0.29) is 0 Å². The molecule has 3 heterocycles. The molecule has 2 aromatic rings. The second-order valence-corrected chi connectivity index (χ2v) is 7.25. The molecule has 0 spiro atoms. The molecule has 4 rings (SSSR count). The molecule has 0 unspecified atom stereocenters. The van der Waals surface area contributed by atoms with E-state index in [2.05, 4.69) is 19.7 Å². The molecular formula is C21H29N5O. The van der Waals surface area contributed by atoms with E-state index in [1.54, 1.807) is 0 Å². The van der Waals surface area contributed by atoms with Crippen molar-refractivity contribution in [3.63, 3.8) is 0 Å². The van der Waals surface area contributed by atoms with Gasteiger partial charge in [0.2, 0.25) is 5.95 Å². The molecule has 0 bridgehead atoms. The highest BCUT2D eigenvalue weighted by atomic mass is 16.5. The van der Waals surface area contributed by atoms with Crippen LogP contribution in [0.15, 0.2) is 42.6 Å². The van der Waals surface area contributed by atoms with Crippen molar-refractivity contribution in [2.75, 3.05) is 62.2 Å². The van der Waals surface area contributed by atoms with Crippen molar-refractivity contribution < 1.29 is 4.74 Å².